The van der Waals surface area contributed by atoms with E-state index >= 15 is 0 Å². The molecular weight excluding hydrogens is 541 g/mol. The van der Waals surface area contributed by atoms with Crippen LogP contribution in [0.1, 0.15) is 63.0 Å². The van der Waals surface area contributed by atoms with Crippen LogP contribution < -0.4 is 9.80 Å². The lowest BCUT2D eigenvalue weighted by molar-refractivity contribution is -0.138. The van der Waals surface area contributed by atoms with E-state index < -0.39 is 17.2 Å². The summed E-state index contributed by atoms with van der Waals surface area (Å²) >= 11 is 0. The number of likely N-dealkylation sites (tertiary alicyclic amines) is 2. The topological polar surface area (TPSA) is 47.1 Å². The lowest BCUT2D eigenvalue weighted by atomic mass is 9.77. The van der Waals surface area contributed by atoms with Gasteiger partial charge >= 0.3 is 6.18 Å². The molecule has 6 nitrogen and oxygen atoms in total. The number of carbonyl (C=O) groups is 2. The van der Waals surface area contributed by atoms with Gasteiger partial charge < -0.3 is 14.7 Å². The zero-order chi connectivity index (χ0) is 29.5. The number of halogens is 3. The number of hydrogen-bond donors (Lipinski definition) is 0. The molecule has 0 aliphatic carbocycles. The van der Waals surface area contributed by atoms with Crippen molar-refractivity contribution < 1.29 is 22.8 Å². The van der Waals surface area contributed by atoms with Gasteiger partial charge in [0.15, 0.2) is 0 Å². The summed E-state index contributed by atoms with van der Waals surface area (Å²) in [5, 5.41) is 0. The highest BCUT2D eigenvalue weighted by atomic mass is 19.4. The van der Waals surface area contributed by atoms with Gasteiger partial charge in [-0.25, -0.2) is 0 Å². The third kappa shape index (κ3) is 5.64. The molecule has 226 valence electrons. The van der Waals surface area contributed by atoms with Crippen molar-refractivity contribution in [2.24, 2.45) is 5.41 Å². The Kier molecular flexibility index (Phi) is 7.98. The quantitative estimate of drug-likeness (QED) is 0.451. The van der Waals surface area contributed by atoms with Crippen LogP contribution in [-0.2, 0) is 22.2 Å². The van der Waals surface area contributed by atoms with E-state index in [-0.39, 0.29) is 24.0 Å². The first-order valence-electron chi connectivity index (χ1n) is 15.5. The van der Waals surface area contributed by atoms with E-state index in [1.165, 1.54) is 36.3 Å². The first kappa shape index (κ1) is 29.0. The molecule has 0 radical (unpaired) electrons. The molecule has 0 saturated carbocycles. The van der Waals surface area contributed by atoms with Crippen LogP contribution >= 0.6 is 0 Å². The molecule has 4 aliphatic heterocycles. The Bertz CT molecular complexity index is 1290. The zero-order valence-corrected chi connectivity index (χ0v) is 24.4. The molecule has 2 aromatic carbocycles. The second-order valence-electron chi connectivity index (χ2n) is 12.7. The van der Waals surface area contributed by atoms with Crippen molar-refractivity contribution in [3.63, 3.8) is 0 Å². The summed E-state index contributed by atoms with van der Waals surface area (Å²) < 4.78 is 43.4. The normalized spacial score (nSPS) is 25.0. The SMILES string of the molecule is C[C@H]1CCCCN1[C@H]1CCN(c2ccc(N3CCC4(CCN(C(=O)Cc5ccccc5)CC4)C3=O)c(C(F)(F)F)c2)C1. The maximum absolute atomic E-state index is 14.5. The number of rotatable bonds is 5. The smallest absolute Gasteiger partial charge is 0.370 e. The Morgan fingerprint density at radius 3 is 2.38 bits per heavy atom. The summed E-state index contributed by atoms with van der Waals surface area (Å²) in [7, 11) is 0. The molecule has 4 saturated heterocycles. The molecule has 1 spiro atoms. The fraction of sp³-hybridized carbons (Fsp3) is 0.576. The highest BCUT2D eigenvalue weighted by Crippen LogP contribution is 2.47. The van der Waals surface area contributed by atoms with Crippen LogP contribution in [0, 0.1) is 5.41 Å². The summed E-state index contributed by atoms with van der Waals surface area (Å²) in [4.78, 5) is 34.4. The number of alkyl halides is 3. The number of hydrogen-bond acceptors (Lipinski definition) is 4. The van der Waals surface area contributed by atoms with Gasteiger partial charge in [-0.1, -0.05) is 36.8 Å². The maximum Gasteiger partial charge on any atom is 0.418 e. The minimum absolute atomic E-state index is 0.0206. The van der Waals surface area contributed by atoms with Crippen molar-refractivity contribution in [3.05, 3.63) is 59.7 Å². The van der Waals surface area contributed by atoms with E-state index in [9.17, 15) is 22.8 Å². The molecule has 4 fully saturated rings. The van der Waals surface area contributed by atoms with Gasteiger partial charge in [0.1, 0.15) is 0 Å². The Balaban J connectivity index is 1.14. The fourth-order valence-corrected chi connectivity index (χ4v) is 7.67. The van der Waals surface area contributed by atoms with E-state index in [1.807, 2.05) is 30.3 Å². The molecule has 2 aromatic rings. The largest absolute Gasteiger partial charge is 0.418 e. The average Bonchev–Trinajstić information content (AvgIpc) is 3.59. The molecule has 0 N–H and O–H groups in total. The third-order valence-corrected chi connectivity index (χ3v) is 10.2. The molecule has 2 amide bonds. The van der Waals surface area contributed by atoms with Gasteiger partial charge in [-0.15, -0.1) is 0 Å². The number of anilines is 2. The zero-order valence-electron chi connectivity index (χ0n) is 24.4. The Morgan fingerprint density at radius 1 is 0.929 bits per heavy atom. The summed E-state index contributed by atoms with van der Waals surface area (Å²) in [6, 6.07) is 14.9. The van der Waals surface area contributed by atoms with Crippen LogP contribution in [0.25, 0.3) is 0 Å². The molecule has 0 aromatic heterocycles. The van der Waals surface area contributed by atoms with Crippen LogP contribution in [0.3, 0.4) is 0 Å². The van der Waals surface area contributed by atoms with Crippen molar-refractivity contribution in [1.29, 1.82) is 0 Å². The van der Waals surface area contributed by atoms with Crippen LogP contribution in [0.5, 0.6) is 0 Å². The molecule has 4 heterocycles. The van der Waals surface area contributed by atoms with E-state index in [0.29, 0.717) is 56.5 Å². The van der Waals surface area contributed by atoms with Crippen LogP contribution in [0.15, 0.2) is 48.5 Å². The van der Waals surface area contributed by atoms with Gasteiger partial charge in [-0.05, 0) is 75.8 Å². The van der Waals surface area contributed by atoms with Gasteiger partial charge in [-0.3, -0.25) is 14.5 Å². The summed E-state index contributed by atoms with van der Waals surface area (Å²) in [5.41, 5.74) is 0.0226. The predicted octanol–water partition coefficient (Wildman–Crippen LogP) is 5.75. The Labute approximate surface area is 246 Å². The van der Waals surface area contributed by atoms with E-state index in [0.717, 1.165) is 31.6 Å². The number of carbonyl (C=O) groups excluding carboxylic acids is 2. The number of piperidine rings is 2. The van der Waals surface area contributed by atoms with Crippen LogP contribution in [0.4, 0.5) is 24.5 Å². The van der Waals surface area contributed by atoms with Gasteiger partial charge in [0.25, 0.3) is 0 Å². The first-order chi connectivity index (χ1) is 20.1. The molecule has 0 bridgehead atoms. The molecular formula is C33H41F3N4O2. The second-order valence-corrected chi connectivity index (χ2v) is 12.7. The predicted molar refractivity (Wildman–Crippen MR) is 157 cm³/mol. The van der Waals surface area contributed by atoms with Crippen molar-refractivity contribution in [2.45, 2.75) is 76.6 Å². The highest BCUT2D eigenvalue weighted by Gasteiger charge is 2.50. The second kappa shape index (κ2) is 11.5. The van der Waals surface area contributed by atoms with E-state index in [1.54, 1.807) is 11.0 Å². The minimum Gasteiger partial charge on any atom is -0.370 e. The van der Waals surface area contributed by atoms with Gasteiger partial charge in [-0.2, -0.15) is 13.2 Å². The lowest BCUT2D eigenvalue weighted by Crippen LogP contribution is -2.47. The Hall–Kier alpha value is -3.07. The molecule has 42 heavy (non-hydrogen) atoms. The van der Waals surface area contributed by atoms with Gasteiger partial charge in [0.05, 0.1) is 23.1 Å². The molecule has 9 heteroatoms. The number of amides is 2. The molecule has 6 rings (SSSR count). The summed E-state index contributed by atoms with van der Waals surface area (Å²) in [5.74, 6) is -0.219. The van der Waals surface area contributed by atoms with Crippen LogP contribution in [0.2, 0.25) is 0 Å². The van der Waals surface area contributed by atoms with Gasteiger partial charge in [0, 0.05) is 50.5 Å². The maximum atomic E-state index is 14.5. The van der Waals surface area contributed by atoms with E-state index in [2.05, 4.69) is 16.7 Å². The first-order valence-corrected chi connectivity index (χ1v) is 15.5. The molecule has 2 atom stereocenters. The van der Waals surface area contributed by atoms with Crippen molar-refractivity contribution in [3.8, 4) is 0 Å². The summed E-state index contributed by atoms with van der Waals surface area (Å²) in [6.45, 7) is 5.93. The Morgan fingerprint density at radius 2 is 1.67 bits per heavy atom. The van der Waals surface area contributed by atoms with Crippen LogP contribution in [-0.4, -0.2) is 73.0 Å². The van der Waals surface area contributed by atoms with Gasteiger partial charge in [0.2, 0.25) is 11.8 Å². The van der Waals surface area contributed by atoms with E-state index in [4.69, 9.17) is 0 Å². The van der Waals surface area contributed by atoms with Crippen molar-refractivity contribution in [1.82, 2.24) is 9.80 Å². The molecule has 4 aliphatic rings. The van der Waals surface area contributed by atoms with Crippen molar-refractivity contribution in [2.75, 3.05) is 49.1 Å². The average molecular weight is 583 g/mol. The fourth-order valence-electron chi connectivity index (χ4n) is 7.67. The minimum atomic E-state index is -4.57. The monoisotopic (exact) mass is 582 g/mol. The van der Waals surface area contributed by atoms with Crippen molar-refractivity contribution >= 4 is 23.2 Å². The lowest BCUT2D eigenvalue weighted by Gasteiger charge is -2.38. The standard InChI is InChI=1S/C33H41F3N4O2/c1-24-7-5-6-16-39(24)27-12-17-38(23-27)26-10-11-29(28(22-26)33(34,35)36)40-20-15-32(31(40)42)13-18-37(19-14-32)30(41)21-25-8-3-2-4-9-25/h2-4,8-11,22,24,27H,5-7,12-21,23H2,1H3/t24-,27-/m0/s1. The molecule has 0 unspecified atom stereocenters. The number of nitrogens with zero attached hydrogens (tertiary/aromatic N) is 4. The summed E-state index contributed by atoms with van der Waals surface area (Å²) in [6.07, 6.45) is 1.75. The highest BCUT2D eigenvalue weighted by molar-refractivity contribution is 6.01. The third-order valence-electron chi connectivity index (χ3n) is 10.2. The number of benzene rings is 2.